The van der Waals surface area contributed by atoms with Crippen LogP contribution in [-0.2, 0) is 14.9 Å². The molecule has 2 aromatic carbocycles. The number of aromatic nitrogens is 1. The van der Waals surface area contributed by atoms with Gasteiger partial charge in [-0.3, -0.25) is 0 Å². The highest BCUT2D eigenvalue weighted by Crippen LogP contribution is 2.26. The fourth-order valence-electron chi connectivity index (χ4n) is 2.58. The van der Waals surface area contributed by atoms with Gasteiger partial charge < -0.3 is 18.8 Å². The number of aliphatic hydroxyl groups excluding tert-OH is 1. The summed E-state index contributed by atoms with van der Waals surface area (Å²) in [5, 5.41) is 8.87. The van der Waals surface area contributed by atoms with Crippen molar-refractivity contribution in [3.05, 3.63) is 60.2 Å². The first-order valence-corrected chi connectivity index (χ1v) is 10.1. The summed E-state index contributed by atoms with van der Waals surface area (Å²) in [6, 6.07) is 14.2. The molecule has 0 amide bonds. The minimum absolute atomic E-state index is 0.00253. The number of carbonyl (C=O) groups excluding carboxylic acids is 1. The molecule has 0 saturated heterocycles. The summed E-state index contributed by atoms with van der Waals surface area (Å²) in [5.41, 5.74) is 0.171. The Morgan fingerprint density at radius 1 is 1.07 bits per heavy atom. The smallest absolute Gasteiger partial charge is 0.357 e. The van der Waals surface area contributed by atoms with Gasteiger partial charge in [-0.2, -0.15) is 8.42 Å². The predicted octanol–water partition coefficient (Wildman–Crippen LogP) is 2.55. The molecule has 152 valence electrons. The third kappa shape index (κ3) is 4.82. The van der Waals surface area contributed by atoms with E-state index in [2.05, 4.69) is 4.98 Å². The van der Waals surface area contributed by atoms with E-state index in [1.807, 2.05) is 0 Å². The number of benzene rings is 2. The van der Waals surface area contributed by atoms with Gasteiger partial charge in [-0.1, -0.05) is 24.3 Å². The fourth-order valence-corrected chi connectivity index (χ4v) is 3.64. The summed E-state index contributed by atoms with van der Waals surface area (Å²) in [4.78, 5) is 16.3. The molecule has 3 rings (SSSR count). The van der Waals surface area contributed by atoms with Gasteiger partial charge in [0.15, 0.2) is 0 Å². The number of fused-ring (bicyclic) bond motifs is 1. The molecule has 3 aromatic rings. The molecule has 1 N–H and O–H groups in total. The van der Waals surface area contributed by atoms with Gasteiger partial charge in [0.25, 0.3) is 0 Å². The summed E-state index contributed by atoms with van der Waals surface area (Å²) in [5.74, 6) is -0.463. The second-order valence-electron chi connectivity index (χ2n) is 5.96. The number of carbonyl (C=O) groups is 1. The van der Waals surface area contributed by atoms with Crippen molar-refractivity contribution >= 4 is 27.0 Å². The van der Waals surface area contributed by atoms with Crippen LogP contribution in [0.25, 0.3) is 10.9 Å². The molecule has 1 aromatic heterocycles. The molecule has 0 aliphatic heterocycles. The maximum atomic E-state index is 12.9. The highest BCUT2D eigenvalue weighted by Gasteiger charge is 2.28. The molecule has 8 nitrogen and oxygen atoms in total. The SMILES string of the molecule is COC(=O)c1cc2ccccc2nc1S(=O)(=O)Oc1cccc(OCCCO)c1. The van der Waals surface area contributed by atoms with Crippen molar-refractivity contribution in [2.24, 2.45) is 0 Å². The Kier molecular flexibility index (Phi) is 6.30. The monoisotopic (exact) mass is 417 g/mol. The molecule has 0 radical (unpaired) electrons. The standard InChI is InChI=1S/C20H19NO7S/c1-26-20(23)17-12-14-6-2-3-9-18(14)21-19(17)29(24,25)28-16-8-4-7-15(13-16)27-11-5-10-22/h2-4,6-9,12-13,22H,5,10-11H2,1H3. The van der Waals surface area contributed by atoms with Crippen LogP contribution in [0, 0.1) is 0 Å². The average molecular weight is 417 g/mol. The van der Waals surface area contributed by atoms with Crippen LogP contribution >= 0.6 is 0 Å². The summed E-state index contributed by atoms with van der Waals surface area (Å²) < 4.78 is 41.1. The Bertz CT molecular complexity index is 1130. The molecule has 0 fully saturated rings. The molecule has 1 heterocycles. The number of rotatable bonds is 8. The van der Waals surface area contributed by atoms with E-state index < -0.39 is 21.1 Å². The van der Waals surface area contributed by atoms with E-state index in [9.17, 15) is 13.2 Å². The quantitative estimate of drug-likeness (QED) is 0.338. The van der Waals surface area contributed by atoms with Crippen LogP contribution in [0.1, 0.15) is 16.8 Å². The van der Waals surface area contributed by atoms with Crippen LogP contribution in [-0.4, -0.2) is 44.8 Å². The Morgan fingerprint density at radius 3 is 2.59 bits per heavy atom. The number of esters is 1. The second kappa shape index (κ2) is 8.89. The molecule has 29 heavy (non-hydrogen) atoms. The lowest BCUT2D eigenvalue weighted by Gasteiger charge is -2.12. The first kappa shape index (κ1) is 20.6. The molecule has 0 unspecified atom stereocenters. The van der Waals surface area contributed by atoms with Gasteiger partial charge in [-0.25, -0.2) is 9.78 Å². The zero-order chi connectivity index (χ0) is 20.9. The first-order chi connectivity index (χ1) is 13.9. The van der Waals surface area contributed by atoms with E-state index in [0.29, 0.717) is 23.1 Å². The van der Waals surface area contributed by atoms with Crippen molar-refractivity contribution in [3.63, 3.8) is 0 Å². The van der Waals surface area contributed by atoms with Gasteiger partial charge in [0.05, 0.1) is 19.2 Å². The van der Waals surface area contributed by atoms with Crippen LogP contribution in [0.5, 0.6) is 11.5 Å². The van der Waals surface area contributed by atoms with Crippen LogP contribution in [0.4, 0.5) is 0 Å². The summed E-state index contributed by atoms with van der Waals surface area (Å²) in [7, 11) is -3.29. The lowest BCUT2D eigenvalue weighted by molar-refractivity contribution is 0.0595. The van der Waals surface area contributed by atoms with Gasteiger partial charge in [0.2, 0.25) is 5.03 Å². The van der Waals surface area contributed by atoms with Gasteiger partial charge in [-0.15, -0.1) is 0 Å². The van der Waals surface area contributed by atoms with Crippen LogP contribution in [0.2, 0.25) is 0 Å². The van der Waals surface area contributed by atoms with Crippen LogP contribution in [0.3, 0.4) is 0 Å². The fraction of sp³-hybridized carbons (Fsp3) is 0.200. The van der Waals surface area contributed by atoms with Gasteiger partial charge in [0, 0.05) is 24.5 Å². The second-order valence-corrected chi connectivity index (χ2v) is 7.42. The Balaban J connectivity index is 1.98. The summed E-state index contributed by atoms with van der Waals surface area (Å²) >= 11 is 0. The zero-order valence-corrected chi connectivity index (χ0v) is 16.4. The Morgan fingerprint density at radius 2 is 1.83 bits per heavy atom. The summed E-state index contributed by atoms with van der Waals surface area (Å²) in [6.07, 6.45) is 0.437. The highest BCUT2D eigenvalue weighted by atomic mass is 32.2. The normalized spacial score (nSPS) is 11.2. The van der Waals surface area contributed by atoms with E-state index in [0.717, 1.165) is 7.11 Å². The molecule has 0 atom stereocenters. The molecular weight excluding hydrogens is 398 g/mol. The van der Waals surface area contributed by atoms with E-state index in [1.165, 1.54) is 18.2 Å². The molecule has 0 saturated carbocycles. The number of methoxy groups -OCH3 is 1. The topological polar surface area (TPSA) is 112 Å². The van der Waals surface area contributed by atoms with Crippen LogP contribution in [0.15, 0.2) is 59.6 Å². The van der Waals surface area contributed by atoms with Crippen molar-refractivity contribution in [3.8, 4) is 11.5 Å². The van der Waals surface area contributed by atoms with E-state index >= 15 is 0 Å². The van der Waals surface area contributed by atoms with Crippen molar-refractivity contribution in [1.82, 2.24) is 4.98 Å². The Labute approximate surface area is 167 Å². The number of aliphatic hydroxyl groups is 1. The predicted molar refractivity (Wildman–Crippen MR) is 105 cm³/mol. The highest BCUT2D eigenvalue weighted by molar-refractivity contribution is 7.87. The van der Waals surface area contributed by atoms with Crippen molar-refractivity contribution in [1.29, 1.82) is 0 Å². The molecule has 0 aliphatic carbocycles. The van der Waals surface area contributed by atoms with Crippen molar-refractivity contribution in [2.75, 3.05) is 20.3 Å². The third-order valence-corrected chi connectivity index (χ3v) is 5.11. The number of nitrogens with zero attached hydrogens (tertiary/aromatic N) is 1. The number of ether oxygens (including phenoxy) is 2. The van der Waals surface area contributed by atoms with Crippen LogP contribution < -0.4 is 8.92 Å². The van der Waals surface area contributed by atoms with Gasteiger partial charge >= 0.3 is 16.1 Å². The first-order valence-electron chi connectivity index (χ1n) is 8.71. The number of hydrogen-bond acceptors (Lipinski definition) is 8. The third-order valence-electron chi connectivity index (χ3n) is 3.91. The largest absolute Gasteiger partial charge is 0.493 e. The molecule has 0 aliphatic rings. The minimum Gasteiger partial charge on any atom is -0.493 e. The molecule has 0 bridgehead atoms. The molecule has 9 heteroatoms. The van der Waals surface area contributed by atoms with Gasteiger partial charge in [-0.05, 0) is 24.3 Å². The number of hydrogen-bond donors (Lipinski definition) is 1. The zero-order valence-electron chi connectivity index (χ0n) is 15.6. The lowest BCUT2D eigenvalue weighted by atomic mass is 10.1. The van der Waals surface area contributed by atoms with E-state index in [-0.39, 0.29) is 24.5 Å². The van der Waals surface area contributed by atoms with E-state index in [1.54, 1.807) is 36.4 Å². The lowest BCUT2D eigenvalue weighted by Crippen LogP contribution is -2.17. The Hall–Kier alpha value is -3.17. The average Bonchev–Trinajstić information content (AvgIpc) is 2.72. The minimum atomic E-state index is -4.44. The molecule has 0 spiro atoms. The number of para-hydroxylation sites is 1. The van der Waals surface area contributed by atoms with Gasteiger partial charge in [0.1, 0.15) is 17.1 Å². The maximum Gasteiger partial charge on any atom is 0.357 e. The van der Waals surface area contributed by atoms with Crippen molar-refractivity contribution in [2.45, 2.75) is 11.4 Å². The molecular formula is C20H19NO7S. The number of pyridine rings is 1. The van der Waals surface area contributed by atoms with Crippen molar-refractivity contribution < 1.29 is 32.0 Å². The van der Waals surface area contributed by atoms with E-state index in [4.69, 9.17) is 18.8 Å². The maximum absolute atomic E-state index is 12.9. The summed E-state index contributed by atoms with van der Waals surface area (Å²) in [6.45, 7) is 0.250.